The highest BCUT2D eigenvalue weighted by molar-refractivity contribution is 7.99. The molecule has 1 fully saturated rings. The second-order valence-corrected chi connectivity index (χ2v) is 6.79. The highest BCUT2D eigenvalue weighted by Gasteiger charge is 2.23. The summed E-state index contributed by atoms with van der Waals surface area (Å²) in [4.78, 5) is 2.59. The van der Waals surface area contributed by atoms with E-state index in [1.807, 2.05) is 0 Å². The van der Waals surface area contributed by atoms with Gasteiger partial charge in [0.1, 0.15) is 0 Å². The normalized spacial score (nSPS) is 19.2. The molecule has 2 nitrogen and oxygen atoms in total. The first kappa shape index (κ1) is 14.9. The van der Waals surface area contributed by atoms with Gasteiger partial charge in [-0.05, 0) is 56.2 Å². The standard InChI is InChI=1S/C16H26N2S/c1-12-9-13(2)16(14(3)10-12)15(11-17)18-5-4-7-19-8-6-18/h9-10,15H,4-8,11,17H2,1-3H3. The molecule has 0 radical (unpaired) electrons. The minimum Gasteiger partial charge on any atom is -0.329 e. The van der Waals surface area contributed by atoms with Crippen molar-refractivity contribution in [1.82, 2.24) is 4.90 Å². The number of benzene rings is 1. The van der Waals surface area contributed by atoms with Crippen molar-refractivity contribution in [3.05, 3.63) is 34.4 Å². The first-order chi connectivity index (χ1) is 9.13. The Morgan fingerprint density at radius 1 is 1.16 bits per heavy atom. The highest BCUT2D eigenvalue weighted by atomic mass is 32.2. The molecule has 0 spiro atoms. The van der Waals surface area contributed by atoms with Crippen molar-refractivity contribution in [2.24, 2.45) is 5.73 Å². The van der Waals surface area contributed by atoms with E-state index in [-0.39, 0.29) is 0 Å². The van der Waals surface area contributed by atoms with Gasteiger partial charge in [-0.3, -0.25) is 4.90 Å². The molecule has 0 saturated carbocycles. The Bertz CT molecular complexity index is 400. The summed E-state index contributed by atoms with van der Waals surface area (Å²) in [6.45, 7) is 9.69. The van der Waals surface area contributed by atoms with Crippen LogP contribution in [0, 0.1) is 20.8 Å². The molecule has 0 aliphatic carbocycles. The van der Waals surface area contributed by atoms with Gasteiger partial charge in [0.15, 0.2) is 0 Å². The molecule has 106 valence electrons. The molecule has 3 heteroatoms. The van der Waals surface area contributed by atoms with E-state index in [1.165, 1.54) is 53.3 Å². The molecule has 1 atom stereocenters. The Kier molecular flexibility index (Phi) is 5.31. The molecular formula is C16H26N2S. The molecule has 1 unspecified atom stereocenters. The van der Waals surface area contributed by atoms with Gasteiger partial charge in [0.25, 0.3) is 0 Å². The fraction of sp³-hybridized carbons (Fsp3) is 0.625. The fourth-order valence-corrected chi connectivity index (χ4v) is 4.14. The minimum atomic E-state index is 0.388. The van der Waals surface area contributed by atoms with Crippen LogP contribution in [0.25, 0.3) is 0 Å². The van der Waals surface area contributed by atoms with Crippen molar-refractivity contribution in [2.45, 2.75) is 33.2 Å². The quantitative estimate of drug-likeness (QED) is 0.921. The predicted octanol–water partition coefficient (Wildman–Crippen LogP) is 3.05. The summed E-state index contributed by atoms with van der Waals surface area (Å²) in [7, 11) is 0. The number of hydrogen-bond acceptors (Lipinski definition) is 3. The second-order valence-electron chi connectivity index (χ2n) is 5.57. The Morgan fingerprint density at radius 3 is 2.47 bits per heavy atom. The van der Waals surface area contributed by atoms with E-state index in [2.05, 4.69) is 49.6 Å². The Morgan fingerprint density at radius 2 is 1.84 bits per heavy atom. The molecular weight excluding hydrogens is 252 g/mol. The third-order valence-electron chi connectivity index (χ3n) is 3.99. The summed E-state index contributed by atoms with van der Waals surface area (Å²) in [5.74, 6) is 2.53. The molecule has 0 amide bonds. The molecule has 1 aromatic carbocycles. The van der Waals surface area contributed by atoms with E-state index >= 15 is 0 Å². The highest BCUT2D eigenvalue weighted by Crippen LogP contribution is 2.29. The molecule has 2 rings (SSSR count). The van der Waals surface area contributed by atoms with Crippen molar-refractivity contribution in [3.63, 3.8) is 0 Å². The van der Waals surface area contributed by atoms with Gasteiger partial charge < -0.3 is 5.73 Å². The van der Waals surface area contributed by atoms with Gasteiger partial charge in [-0.25, -0.2) is 0 Å². The van der Waals surface area contributed by atoms with E-state index < -0.39 is 0 Å². The summed E-state index contributed by atoms with van der Waals surface area (Å²) in [5, 5.41) is 0. The number of thioether (sulfide) groups is 1. The smallest absolute Gasteiger partial charge is 0.0476 e. The van der Waals surface area contributed by atoms with Crippen LogP contribution in [0.2, 0.25) is 0 Å². The average molecular weight is 278 g/mol. The van der Waals surface area contributed by atoms with Crippen LogP contribution < -0.4 is 5.73 Å². The van der Waals surface area contributed by atoms with Crippen LogP contribution in [0.5, 0.6) is 0 Å². The van der Waals surface area contributed by atoms with Gasteiger partial charge in [0.05, 0.1) is 0 Å². The van der Waals surface area contributed by atoms with Crippen LogP contribution in [-0.2, 0) is 0 Å². The average Bonchev–Trinajstić information content (AvgIpc) is 2.62. The second kappa shape index (κ2) is 6.78. The Labute approximate surface area is 121 Å². The van der Waals surface area contributed by atoms with Gasteiger partial charge in [0.2, 0.25) is 0 Å². The zero-order valence-corrected chi connectivity index (χ0v) is 13.2. The lowest BCUT2D eigenvalue weighted by atomic mass is 9.93. The van der Waals surface area contributed by atoms with Gasteiger partial charge >= 0.3 is 0 Å². The topological polar surface area (TPSA) is 29.3 Å². The van der Waals surface area contributed by atoms with Crippen molar-refractivity contribution in [1.29, 1.82) is 0 Å². The number of nitrogens with zero attached hydrogens (tertiary/aromatic N) is 1. The maximum Gasteiger partial charge on any atom is 0.0476 e. The van der Waals surface area contributed by atoms with Crippen molar-refractivity contribution < 1.29 is 0 Å². The largest absolute Gasteiger partial charge is 0.329 e. The molecule has 1 aliphatic heterocycles. The van der Waals surface area contributed by atoms with E-state index in [9.17, 15) is 0 Å². The van der Waals surface area contributed by atoms with Gasteiger partial charge in [-0.1, -0.05) is 17.7 Å². The fourth-order valence-electron chi connectivity index (χ4n) is 3.24. The van der Waals surface area contributed by atoms with Gasteiger partial charge in [-0.15, -0.1) is 0 Å². The third kappa shape index (κ3) is 3.53. The molecule has 2 N–H and O–H groups in total. The Balaban J connectivity index is 2.30. The van der Waals surface area contributed by atoms with Crippen LogP contribution in [0.1, 0.15) is 34.7 Å². The molecule has 1 aliphatic rings. The van der Waals surface area contributed by atoms with Crippen LogP contribution in [-0.4, -0.2) is 36.0 Å². The van der Waals surface area contributed by atoms with E-state index in [4.69, 9.17) is 5.73 Å². The van der Waals surface area contributed by atoms with Crippen molar-refractivity contribution in [3.8, 4) is 0 Å². The number of nitrogens with two attached hydrogens (primary N) is 1. The third-order valence-corrected chi connectivity index (χ3v) is 5.04. The first-order valence-corrected chi connectivity index (χ1v) is 8.38. The van der Waals surface area contributed by atoms with Crippen LogP contribution in [0.15, 0.2) is 12.1 Å². The SMILES string of the molecule is Cc1cc(C)c(C(CN)N2CCCSCC2)c(C)c1. The lowest BCUT2D eigenvalue weighted by Crippen LogP contribution is -2.36. The molecule has 0 bridgehead atoms. The maximum absolute atomic E-state index is 6.11. The van der Waals surface area contributed by atoms with Gasteiger partial charge in [-0.2, -0.15) is 11.8 Å². The van der Waals surface area contributed by atoms with E-state index in [0.717, 1.165) is 6.54 Å². The zero-order valence-electron chi connectivity index (χ0n) is 12.4. The summed E-state index contributed by atoms with van der Waals surface area (Å²) >= 11 is 2.07. The molecule has 1 saturated heterocycles. The van der Waals surface area contributed by atoms with Crippen LogP contribution in [0.4, 0.5) is 0 Å². The molecule has 1 aromatic rings. The lowest BCUT2D eigenvalue weighted by Gasteiger charge is -2.32. The van der Waals surface area contributed by atoms with Gasteiger partial charge in [0, 0.05) is 24.9 Å². The monoisotopic (exact) mass is 278 g/mol. The number of rotatable bonds is 3. The summed E-state index contributed by atoms with van der Waals surface area (Å²) in [6.07, 6.45) is 1.28. The summed E-state index contributed by atoms with van der Waals surface area (Å²) < 4.78 is 0. The summed E-state index contributed by atoms with van der Waals surface area (Å²) in [5.41, 5.74) is 11.7. The molecule has 0 aromatic heterocycles. The van der Waals surface area contributed by atoms with E-state index in [1.54, 1.807) is 0 Å². The first-order valence-electron chi connectivity index (χ1n) is 7.23. The minimum absolute atomic E-state index is 0.388. The van der Waals surface area contributed by atoms with Crippen molar-refractivity contribution >= 4 is 11.8 Å². The number of hydrogen-bond donors (Lipinski definition) is 1. The van der Waals surface area contributed by atoms with Crippen LogP contribution in [0.3, 0.4) is 0 Å². The van der Waals surface area contributed by atoms with E-state index in [0.29, 0.717) is 6.04 Å². The predicted molar refractivity (Wildman–Crippen MR) is 86.0 cm³/mol. The maximum atomic E-state index is 6.11. The molecule has 19 heavy (non-hydrogen) atoms. The Hall–Kier alpha value is -0.510. The van der Waals surface area contributed by atoms with Crippen molar-refractivity contribution in [2.75, 3.05) is 31.1 Å². The lowest BCUT2D eigenvalue weighted by molar-refractivity contribution is 0.217. The summed E-state index contributed by atoms with van der Waals surface area (Å²) in [6, 6.07) is 4.97. The molecule has 1 heterocycles. The number of aryl methyl sites for hydroxylation is 3. The van der Waals surface area contributed by atoms with Crippen LogP contribution >= 0.6 is 11.8 Å². The zero-order chi connectivity index (χ0) is 13.8.